The van der Waals surface area contributed by atoms with E-state index in [0.717, 1.165) is 52.0 Å². The van der Waals surface area contributed by atoms with Crippen LogP contribution in [0.5, 0.6) is 0 Å². The van der Waals surface area contributed by atoms with Gasteiger partial charge < -0.3 is 27.7 Å². The maximum Gasteiger partial charge on any atom is 0.356 e. The summed E-state index contributed by atoms with van der Waals surface area (Å²) < 4.78 is 50.0. The van der Waals surface area contributed by atoms with Crippen LogP contribution in [-0.4, -0.2) is 90.0 Å². The average molecular weight is 596 g/mol. The summed E-state index contributed by atoms with van der Waals surface area (Å²) in [5.41, 5.74) is 0. The number of hydrogen-bond acceptors (Lipinski definition) is 8. The molecule has 1 rings (SSSR count). The van der Waals surface area contributed by atoms with Gasteiger partial charge in [0.15, 0.2) is 8.32 Å². The quantitative estimate of drug-likeness (QED) is 0.0768. The molecule has 1 aliphatic rings. The highest BCUT2D eigenvalue weighted by Gasteiger charge is 2.48. The van der Waals surface area contributed by atoms with Gasteiger partial charge in [-0.05, 0) is 71.6 Å². The molecule has 1 heterocycles. The van der Waals surface area contributed by atoms with Gasteiger partial charge in [0.1, 0.15) is 18.6 Å². The summed E-state index contributed by atoms with van der Waals surface area (Å²) in [5, 5.41) is 0.0521. The predicted octanol–water partition coefficient (Wildman–Crippen LogP) is 7.47. The second-order valence-electron chi connectivity index (χ2n) is 12.2. The average Bonchev–Trinajstić information content (AvgIpc) is 2.84. The zero-order chi connectivity index (χ0) is 29.5. The molecule has 0 unspecified atom stereocenters. The third-order valence-corrected chi connectivity index (χ3v) is 14.3. The number of rotatable bonds is 21. The van der Waals surface area contributed by atoms with E-state index < -0.39 is 15.9 Å². The number of nitrogens with zero attached hydrogens (tertiary/aromatic N) is 1. The largest absolute Gasteiger partial charge is 0.410 e. The molecule has 0 radical (unpaired) electrons. The van der Waals surface area contributed by atoms with Crippen LogP contribution in [0.3, 0.4) is 0 Å². The van der Waals surface area contributed by atoms with Crippen molar-refractivity contribution in [1.29, 1.82) is 0 Å². The Kier molecular flexibility index (Phi) is 17.8. The van der Waals surface area contributed by atoms with Crippen molar-refractivity contribution >= 4 is 15.9 Å². The van der Waals surface area contributed by atoms with Crippen molar-refractivity contribution in [2.75, 3.05) is 52.5 Å². The second kappa shape index (κ2) is 18.7. The lowest BCUT2D eigenvalue weighted by Crippen LogP contribution is -2.64. The monoisotopic (exact) mass is 595 g/mol. The minimum absolute atomic E-state index is 0.0521. The molecule has 0 aromatic heterocycles. The lowest BCUT2D eigenvalue weighted by molar-refractivity contribution is -0.168. The van der Waals surface area contributed by atoms with Gasteiger partial charge in [-0.1, -0.05) is 47.0 Å². The van der Waals surface area contributed by atoms with Crippen LogP contribution in [0.1, 0.15) is 93.9 Å². The van der Waals surface area contributed by atoms with E-state index in [-0.39, 0.29) is 35.7 Å². The predicted molar refractivity (Wildman–Crippen MR) is 163 cm³/mol. The Bertz CT molecular complexity index is 681. The number of likely N-dealkylation sites (tertiary alicyclic amines) is 1. The van der Waals surface area contributed by atoms with Crippen LogP contribution < -0.4 is 0 Å². The molecule has 0 aromatic carbocycles. The van der Waals surface area contributed by atoms with Crippen LogP contribution in [0.25, 0.3) is 0 Å². The Hall–Kier alpha value is 0.167. The molecule has 39 heavy (non-hydrogen) atoms. The highest BCUT2D eigenvalue weighted by molar-refractivity contribution is 7.53. The molecule has 0 aliphatic carbocycles. The minimum atomic E-state index is -3.37. The summed E-state index contributed by atoms with van der Waals surface area (Å²) in [6.45, 7) is 26.1. The van der Waals surface area contributed by atoms with Crippen molar-refractivity contribution in [1.82, 2.24) is 4.90 Å². The summed E-state index contributed by atoms with van der Waals surface area (Å²) in [4.78, 5) is 2.52. The van der Waals surface area contributed by atoms with Gasteiger partial charge in [0, 0.05) is 32.4 Å². The van der Waals surface area contributed by atoms with E-state index in [0.29, 0.717) is 19.8 Å². The standard InChI is InChI=1S/C29H62NO7PSi/c1-11-15-22-33-27-25(5)30(20-18-16-17-19-21-32-12-2)23-26(37-39(9,10)29(6,7)8)28(27)34-24-38(31,35-13-3)36-14-4/h25-28H,11-24H2,1-10H3/t25-,26+,27+,28-/m1/s1. The molecule has 1 aliphatic heterocycles. The Labute approximate surface area is 241 Å². The Morgan fingerprint density at radius 1 is 0.846 bits per heavy atom. The van der Waals surface area contributed by atoms with Gasteiger partial charge in [0.25, 0.3) is 0 Å². The molecule has 8 nitrogen and oxygen atoms in total. The van der Waals surface area contributed by atoms with E-state index in [1.54, 1.807) is 0 Å². The molecule has 10 heteroatoms. The molecule has 0 spiro atoms. The molecule has 1 saturated heterocycles. The highest BCUT2D eigenvalue weighted by Crippen LogP contribution is 2.49. The first-order valence-corrected chi connectivity index (χ1v) is 20.1. The van der Waals surface area contributed by atoms with Crippen molar-refractivity contribution in [3.05, 3.63) is 0 Å². The molecule has 0 bridgehead atoms. The molecule has 4 atom stereocenters. The van der Waals surface area contributed by atoms with E-state index in [1.807, 2.05) is 20.8 Å². The van der Waals surface area contributed by atoms with Gasteiger partial charge in [-0.25, -0.2) is 0 Å². The van der Waals surface area contributed by atoms with Gasteiger partial charge in [0.2, 0.25) is 0 Å². The molecule has 0 aromatic rings. The van der Waals surface area contributed by atoms with E-state index in [2.05, 4.69) is 52.6 Å². The van der Waals surface area contributed by atoms with Gasteiger partial charge in [0.05, 0.1) is 19.3 Å². The molecule has 1 fully saturated rings. The summed E-state index contributed by atoms with van der Waals surface area (Å²) in [6, 6.07) is 0.146. The molecule has 234 valence electrons. The van der Waals surface area contributed by atoms with E-state index >= 15 is 0 Å². The number of piperidine rings is 1. The van der Waals surface area contributed by atoms with Gasteiger partial charge in [-0.15, -0.1) is 0 Å². The van der Waals surface area contributed by atoms with Crippen molar-refractivity contribution in [3.63, 3.8) is 0 Å². The van der Waals surface area contributed by atoms with Crippen LogP contribution in [0, 0.1) is 0 Å². The topological polar surface area (TPSA) is 75.7 Å². The van der Waals surface area contributed by atoms with Crippen molar-refractivity contribution in [2.24, 2.45) is 0 Å². The van der Waals surface area contributed by atoms with Crippen LogP contribution >= 0.6 is 7.60 Å². The van der Waals surface area contributed by atoms with Gasteiger partial charge in [-0.3, -0.25) is 9.46 Å². The summed E-state index contributed by atoms with van der Waals surface area (Å²) in [5.74, 6) is 0. The first-order chi connectivity index (χ1) is 18.4. The lowest BCUT2D eigenvalue weighted by atomic mass is 9.94. The van der Waals surface area contributed by atoms with Crippen molar-refractivity contribution in [2.45, 2.75) is 136 Å². The van der Waals surface area contributed by atoms with E-state index in [1.165, 1.54) is 12.8 Å². The Morgan fingerprint density at radius 3 is 2.05 bits per heavy atom. The zero-order valence-corrected chi connectivity index (χ0v) is 28.9. The minimum Gasteiger partial charge on any atom is -0.410 e. The van der Waals surface area contributed by atoms with Crippen LogP contribution in [-0.2, 0) is 32.2 Å². The lowest BCUT2D eigenvalue weighted by Gasteiger charge is -2.50. The molecular formula is C29H62NO7PSi. The van der Waals surface area contributed by atoms with Crippen LogP contribution in [0.15, 0.2) is 0 Å². The van der Waals surface area contributed by atoms with Crippen molar-refractivity contribution < 1.29 is 32.2 Å². The highest BCUT2D eigenvalue weighted by atomic mass is 31.2. The van der Waals surface area contributed by atoms with Crippen LogP contribution in [0.2, 0.25) is 18.1 Å². The first kappa shape index (κ1) is 37.2. The first-order valence-electron chi connectivity index (χ1n) is 15.5. The fourth-order valence-corrected chi connectivity index (χ4v) is 7.33. The van der Waals surface area contributed by atoms with E-state index in [4.69, 9.17) is 27.7 Å². The number of unbranched alkanes of at least 4 members (excludes halogenated alkanes) is 4. The second-order valence-corrected chi connectivity index (χ2v) is 18.9. The molecule has 0 amide bonds. The fourth-order valence-electron chi connectivity index (χ4n) is 4.65. The zero-order valence-electron chi connectivity index (χ0n) is 27.0. The fraction of sp³-hybridized carbons (Fsp3) is 1.00. The molecular weight excluding hydrogens is 533 g/mol. The Morgan fingerprint density at radius 2 is 1.49 bits per heavy atom. The van der Waals surface area contributed by atoms with Gasteiger partial charge >= 0.3 is 7.60 Å². The summed E-state index contributed by atoms with van der Waals surface area (Å²) in [7, 11) is -5.49. The Balaban J connectivity index is 3.17. The smallest absolute Gasteiger partial charge is 0.356 e. The SMILES string of the molecule is CCCCO[C@@H]1[C@H](OCP(=O)(OCC)OCC)[C@@H](O[Si](C)(C)C(C)(C)C)CN(CCCCCCOCC)[C@@H]1C. The van der Waals surface area contributed by atoms with Crippen molar-refractivity contribution in [3.8, 4) is 0 Å². The van der Waals surface area contributed by atoms with E-state index in [9.17, 15) is 4.57 Å². The number of ether oxygens (including phenoxy) is 3. The molecule has 0 saturated carbocycles. The summed E-state index contributed by atoms with van der Waals surface area (Å²) in [6.07, 6.45) is 5.79. The third-order valence-electron chi connectivity index (χ3n) is 7.98. The maximum atomic E-state index is 13.3. The third kappa shape index (κ3) is 12.9. The molecule has 0 N–H and O–H groups in total. The van der Waals surface area contributed by atoms with Crippen LogP contribution in [0.4, 0.5) is 0 Å². The number of hydrogen-bond donors (Lipinski definition) is 0. The normalized spacial score (nSPS) is 23.4. The maximum absolute atomic E-state index is 13.3. The summed E-state index contributed by atoms with van der Waals surface area (Å²) >= 11 is 0. The van der Waals surface area contributed by atoms with Gasteiger partial charge in [-0.2, -0.15) is 0 Å².